The van der Waals surface area contributed by atoms with E-state index in [1.807, 2.05) is 12.1 Å². The third-order valence-corrected chi connectivity index (χ3v) is 5.93. The lowest BCUT2D eigenvalue weighted by Crippen LogP contribution is -2.27. The molecule has 2 aromatic rings. The maximum absolute atomic E-state index is 6.24. The van der Waals surface area contributed by atoms with E-state index in [1.165, 1.54) is 42.4 Å². The van der Waals surface area contributed by atoms with E-state index in [0.717, 1.165) is 12.6 Å². The van der Waals surface area contributed by atoms with Gasteiger partial charge in [-0.15, -0.1) is 0 Å². The van der Waals surface area contributed by atoms with Crippen LogP contribution in [0.4, 0.5) is 0 Å². The highest BCUT2D eigenvalue weighted by atomic mass is 35.5. The normalized spacial score (nSPS) is 23.6. The fourth-order valence-electron chi connectivity index (χ4n) is 3.76. The molecule has 120 valence electrons. The fraction of sp³-hybridized carbons (Fsp3) is 0.400. The highest BCUT2D eigenvalue weighted by Gasteiger charge is 2.29. The van der Waals surface area contributed by atoms with Gasteiger partial charge in [0.1, 0.15) is 0 Å². The molecule has 0 radical (unpaired) electrons. The van der Waals surface area contributed by atoms with Gasteiger partial charge in [-0.2, -0.15) is 0 Å². The summed E-state index contributed by atoms with van der Waals surface area (Å²) in [4.78, 5) is 0. The van der Waals surface area contributed by atoms with Gasteiger partial charge in [0.05, 0.1) is 10.0 Å². The van der Waals surface area contributed by atoms with Crippen molar-refractivity contribution in [1.82, 2.24) is 5.32 Å². The zero-order chi connectivity index (χ0) is 15.8. The Morgan fingerprint density at radius 1 is 0.870 bits per heavy atom. The summed E-state index contributed by atoms with van der Waals surface area (Å²) in [7, 11) is 0. The van der Waals surface area contributed by atoms with E-state index in [-0.39, 0.29) is 0 Å². The highest BCUT2D eigenvalue weighted by Crippen LogP contribution is 2.43. The summed E-state index contributed by atoms with van der Waals surface area (Å²) in [5.41, 5.74) is 4.24. The SMILES string of the molecule is Clc1ccc(C2CCC(CNC3CC3)c3ccccc32)cc1Cl. The van der Waals surface area contributed by atoms with Crippen LogP contribution in [0, 0.1) is 0 Å². The average Bonchev–Trinajstić information content (AvgIpc) is 3.39. The molecule has 0 aromatic heterocycles. The van der Waals surface area contributed by atoms with E-state index in [1.54, 1.807) is 0 Å². The standard InChI is InChI=1S/C20H21Cl2N/c21-19-10-6-13(11-20(19)22)17-9-5-14(12-23-15-7-8-15)16-3-1-2-4-18(16)17/h1-4,6,10-11,14-15,17,23H,5,7-9,12H2. The monoisotopic (exact) mass is 345 g/mol. The molecule has 3 heteroatoms. The molecule has 0 amide bonds. The van der Waals surface area contributed by atoms with Crippen molar-refractivity contribution in [3.8, 4) is 0 Å². The van der Waals surface area contributed by atoms with Gasteiger partial charge in [-0.05, 0) is 60.4 Å². The molecule has 0 bridgehead atoms. The minimum atomic E-state index is 0.429. The molecule has 0 aliphatic heterocycles. The van der Waals surface area contributed by atoms with Gasteiger partial charge in [-0.25, -0.2) is 0 Å². The summed E-state index contributed by atoms with van der Waals surface area (Å²) in [6.07, 6.45) is 5.09. The molecule has 0 spiro atoms. The third-order valence-electron chi connectivity index (χ3n) is 5.19. The van der Waals surface area contributed by atoms with Gasteiger partial charge < -0.3 is 5.32 Å². The topological polar surface area (TPSA) is 12.0 Å². The van der Waals surface area contributed by atoms with Crippen LogP contribution >= 0.6 is 23.2 Å². The number of hydrogen-bond donors (Lipinski definition) is 1. The summed E-state index contributed by atoms with van der Waals surface area (Å²) < 4.78 is 0. The van der Waals surface area contributed by atoms with Crippen molar-refractivity contribution >= 4 is 23.2 Å². The zero-order valence-corrected chi connectivity index (χ0v) is 14.6. The van der Waals surface area contributed by atoms with E-state index >= 15 is 0 Å². The van der Waals surface area contributed by atoms with Crippen molar-refractivity contribution in [2.75, 3.05) is 6.54 Å². The molecule has 1 fully saturated rings. The fourth-order valence-corrected chi connectivity index (χ4v) is 4.07. The molecule has 0 saturated heterocycles. The predicted octanol–water partition coefficient (Wildman–Crippen LogP) is 5.75. The van der Waals surface area contributed by atoms with Crippen LogP contribution in [0.2, 0.25) is 10.0 Å². The van der Waals surface area contributed by atoms with Gasteiger partial charge in [0.2, 0.25) is 0 Å². The summed E-state index contributed by atoms with van der Waals surface area (Å²) in [5, 5.41) is 4.98. The molecule has 23 heavy (non-hydrogen) atoms. The average molecular weight is 346 g/mol. The first-order chi connectivity index (χ1) is 11.2. The Labute approximate surface area is 148 Å². The number of benzene rings is 2. The molecule has 2 aliphatic carbocycles. The quantitative estimate of drug-likeness (QED) is 0.743. The number of nitrogens with one attached hydrogen (secondary N) is 1. The lowest BCUT2D eigenvalue weighted by atomic mass is 9.74. The molecule has 2 aliphatic rings. The molecular weight excluding hydrogens is 325 g/mol. The molecule has 2 unspecified atom stereocenters. The summed E-state index contributed by atoms with van der Waals surface area (Å²) in [6, 6.07) is 15.8. The van der Waals surface area contributed by atoms with Crippen LogP contribution in [0.5, 0.6) is 0 Å². The molecular formula is C20H21Cl2N. The van der Waals surface area contributed by atoms with E-state index in [2.05, 4.69) is 35.6 Å². The number of rotatable bonds is 4. The Bertz CT molecular complexity index is 709. The van der Waals surface area contributed by atoms with Crippen LogP contribution in [0.3, 0.4) is 0 Å². The maximum atomic E-state index is 6.24. The van der Waals surface area contributed by atoms with Gasteiger partial charge in [0, 0.05) is 18.5 Å². The van der Waals surface area contributed by atoms with E-state index in [9.17, 15) is 0 Å². The number of halogens is 2. The Kier molecular flexibility index (Phi) is 4.36. The Balaban J connectivity index is 1.63. The van der Waals surface area contributed by atoms with Crippen LogP contribution in [-0.2, 0) is 0 Å². The molecule has 1 nitrogen and oxygen atoms in total. The molecule has 4 rings (SSSR count). The number of fused-ring (bicyclic) bond motifs is 1. The molecule has 1 N–H and O–H groups in total. The summed E-state index contributed by atoms with van der Waals surface area (Å²) >= 11 is 12.3. The van der Waals surface area contributed by atoms with Crippen molar-refractivity contribution in [3.05, 3.63) is 69.2 Å². The van der Waals surface area contributed by atoms with Crippen LogP contribution < -0.4 is 5.32 Å². The van der Waals surface area contributed by atoms with Crippen molar-refractivity contribution < 1.29 is 0 Å². The maximum Gasteiger partial charge on any atom is 0.0595 e. The Morgan fingerprint density at radius 3 is 2.39 bits per heavy atom. The first-order valence-corrected chi connectivity index (χ1v) is 9.25. The molecule has 2 aromatic carbocycles. The third kappa shape index (κ3) is 3.28. The minimum absolute atomic E-state index is 0.429. The van der Waals surface area contributed by atoms with Crippen molar-refractivity contribution in [2.24, 2.45) is 0 Å². The van der Waals surface area contributed by atoms with Crippen molar-refractivity contribution in [3.63, 3.8) is 0 Å². The highest BCUT2D eigenvalue weighted by molar-refractivity contribution is 6.42. The van der Waals surface area contributed by atoms with E-state index < -0.39 is 0 Å². The second-order valence-corrected chi connectivity index (χ2v) is 7.63. The predicted molar refractivity (Wildman–Crippen MR) is 97.7 cm³/mol. The van der Waals surface area contributed by atoms with Crippen LogP contribution in [0.1, 0.15) is 54.2 Å². The van der Waals surface area contributed by atoms with Gasteiger partial charge in [0.15, 0.2) is 0 Å². The van der Waals surface area contributed by atoms with Crippen LogP contribution in [0.15, 0.2) is 42.5 Å². The second-order valence-electron chi connectivity index (χ2n) is 6.81. The molecule has 0 heterocycles. The van der Waals surface area contributed by atoms with Crippen LogP contribution in [-0.4, -0.2) is 12.6 Å². The minimum Gasteiger partial charge on any atom is -0.313 e. The van der Waals surface area contributed by atoms with E-state index in [4.69, 9.17) is 23.2 Å². The summed E-state index contributed by atoms with van der Waals surface area (Å²) in [5.74, 6) is 1.06. The van der Waals surface area contributed by atoms with Crippen LogP contribution in [0.25, 0.3) is 0 Å². The largest absolute Gasteiger partial charge is 0.313 e. The molecule has 1 saturated carbocycles. The second kappa shape index (κ2) is 6.47. The lowest BCUT2D eigenvalue weighted by Gasteiger charge is -2.32. The van der Waals surface area contributed by atoms with Gasteiger partial charge in [0.25, 0.3) is 0 Å². The Morgan fingerprint density at radius 2 is 1.65 bits per heavy atom. The van der Waals surface area contributed by atoms with Gasteiger partial charge in [-0.3, -0.25) is 0 Å². The first kappa shape index (κ1) is 15.5. The van der Waals surface area contributed by atoms with Gasteiger partial charge in [-0.1, -0.05) is 53.5 Å². The lowest BCUT2D eigenvalue weighted by molar-refractivity contribution is 0.482. The summed E-state index contributed by atoms with van der Waals surface area (Å²) in [6.45, 7) is 1.11. The first-order valence-electron chi connectivity index (χ1n) is 8.49. The van der Waals surface area contributed by atoms with E-state index in [0.29, 0.717) is 21.9 Å². The zero-order valence-electron chi connectivity index (χ0n) is 13.1. The number of hydrogen-bond acceptors (Lipinski definition) is 1. The van der Waals surface area contributed by atoms with Gasteiger partial charge >= 0.3 is 0 Å². The van der Waals surface area contributed by atoms with Crippen molar-refractivity contribution in [1.29, 1.82) is 0 Å². The van der Waals surface area contributed by atoms with Crippen molar-refractivity contribution in [2.45, 2.75) is 43.6 Å². The Hall–Kier alpha value is -1.02. The molecule has 2 atom stereocenters. The smallest absolute Gasteiger partial charge is 0.0595 e.